The van der Waals surface area contributed by atoms with Gasteiger partial charge in [0.25, 0.3) is 0 Å². The van der Waals surface area contributed by atoms with Crippen molar-refractivity contribution >= 4 is 0 Å². The van der Waals surface area contributed by atoms with Crippen LogP contribution in [0, 0.1) is 0 Å². The summed E-state index contributed by atoms with van der Waals surface area (Å²) in [5, 5.41) is 3.51. The van der Waals surface area contributed by atoms with Crippen LogP contribution in [0.1, 0.15) is 26.2 Å². The molecule has 1 heterocycles. The molecule has 0 saturated carbocycles. The molecule has 1 aliphatic rings. The first-order chi connectivity index (χ1) is 8.77. The highest BCUT2D eigenvalue weighted by Gasteiger charge is 2.20. The van der Waals surface area contributed by atoms with Crippen molar-refractivity contribution in [3.63, 3.8) is 0 Å². The van der Waals surface area contributed by atoms with Crippen LogP contribution in [0.15, 0.2) is 0 Å². The van der Waals surface area contributed by atoms with E-state index >= 15 is 0 Å². The molecule has 4 nitrogen and oxygen atoms in total. The Morgan fingerprint density at radius 3 is 2.83 bits per heavy atom. The first-order valence-corrected chi connectivity index (χ1v) is 7.40. The van der Waals surface area contributed by atoms with Gasteiger partial charge in [0.15, 0.2) is 0 Å². The molecule has 1 rings (SSSR count). The van der Waals surface area contributed by atoms with Crippen molar-refractivity contribution in [2.45, 2.75) is 32.2 Å². The monoisotopic (exact) mass is 257 g/mol. The molecule has 4 heteroatoms. The average Bonchev–Trinajstić information content (AvgIpc) is 2.55. The topological polar surface area (TPSA) is 27.7 Å². The molecule has 1 aliphatic heterocycles. The van der Waals surface area contributed by atoms with E-state index in [0.717, 1.165) is 32.2 Å². The zero-order valence-electron chi connectivity index (χ0n) is 12.5. The lowest BCUT2D eigenvalue weighted by Crippen LogP contribution is -2.43. The second-order valence-electron chi connectivity index (χ2n) is 5.31. The predicted octanol–water partition coefficient (Wildman–Crippen LogP) is 1.03. The first-order valence-electron chi connectivity index (χ1n) is 7.40. The zero-order chi connectivity index (χ0) is 13.2. The van der Waals surface area contributed by atoms with Crippen LogP contribution in [0.4, 0.5) is 0 Å². The minimum atomic E-state index is 0.735. The highest BCUT2D eigenvalue weighted by molar-refractivity contribution is 4.78. The van der Waals surface area contributed by atoms with Gasteiger partial charge in [0, 0.05) is 39.4 Å². The largest absolute Gasteiger partial charge is 0.385 e. The zero-order valence-corrected chi connectivity index (χ0v) is 12.5. The number of nitrogens with one attached hydrogen (secondary N) is 1. The van der Waals surface area contributed by atoms with Crippen LogP contribution < -0.4 is 5.32 Å². The van der Waals surface area contributed by atoms with E-state index in [-0.39, 0.29) is 0 Å². The van der Waals surface area contributed by atoms with Crippen LogP contribution >= 0.6 is 0 Å². The number of nitrogens with zero attached hydrogens (tertiary/aromatic N) is 2. The maximum absolute atomic E-state index is 5.05. The van der Waals surface area contributed by atoms with Crippen molar-refractivity contribution < 1.29 is 4.74 Å². The third kappa shape index (κ3) is 6.14. The predicted molar refractivity (Wildman–Crippen MR) is 77.1 cm³/mol. The fourth-order valence-corrected chi connectivity index (χ4v) is 2.66. The van der Waals surface area contributed by atoms with Gasteiger partial charge in [0.05, 0.1) is 0 Å². The molecule has 0 spiro atoms. The second kappa shape index (κ2) is 9.73. The van der Waals surface area contributed by atoms with Gasteiger partial charge in [-0.25, -0.2) is 0 Å². The maximum atomic E-state index is 5.05. The van der Waals surface area contributed by atoms with Crippen LogP contribution in [0.25, 0.3) is 0 Å². The Bertz CT molecular complexity index is 201. The lowest BCUT2D eigenvalue weighted by Gasteiger charge is -2.30. The summed E-state index contributed by atoms with van der Waals surface area (Å²) in [5.74, 6) is 0. The van der Waals surface area contributed by atoms with E-state index < -0.39 is 0 Å². The van der Waals surface area contributed by atoms with Crippen LogP contribution in [0.3, 0.4) is 0 Å². The van der Waals surface area contributed by atoms with Crippen molar-refractivity contribution in [3.8, 4) is 0 Å². The maximum Gasteiger partial charge on any atom is 0.0474 e. The molecule has 0 radical (unpaired) electrons. The lowest BCUT2D eigenvalue weighted by atomic mass is 10.2. The van der Waals surface area contributed by atoms with Crippen molar-refractivity contribution in [3.05, 3.63) is 0 Å². The summed E-state index contributed by atoms with van der Waals surface area (Å²) >= 11 is 0. The van der Waals surface area contributed by atoms with Crippen molar-refractivity contribution in [1.82, 2.24) is 15.1 Å². The summed E-state index contributed by atoms with van der Waals surface area (Å²) in [6.45, 7) is 10.2. The average molecular weight is 257 g/mol. The normalized spacial score (nSPS) is 23.2. The molecule has 108 valence electrons. The standard InChI is InChI=1S/C14H31N3O/c1-4-14-13-16(2)9-6-10-17(14)11-8-15-7-5-12-18-3/h14-15H,4-13H2,1-3H3. The molecule has 0 aromatic rings. The molecule has 0 aromatic carbocycles. The molecule has 18 heavy (non-hydrogen) atoms. The van der Waals surface area contributed by atoms with E-state index in [1.165, 1.54) is 39.0 Å². The molecule has 1 unspecified atom stereocenters. The smallest absolute Gasteiger partial charge is 0.0474 e. The first kappa shape index (κ1) is 15.9. The fraction of sp³-hybridized carbons (Fsp3) is 1.00. The number of methoxy groups -OCH3 is 1. The Kier molecular flexibility index (Phi) is 8.59. The van der Waals surface area contributed by atoms with E-state index in [4.69, 9.17) is 4.74 Å². The number of hydrogen-bond acceptors (Lipinski definition) is 4. The van der Waals surface area contributed by atoms with E-state index in [1.807, 2.05) is 0 Å². The van der Waals surface area contributed by atoms with Crippen LogP contribution in [0.5, 0.6) is 0 Å². The number of hydrogen-bond donors (Lipinski definition) is 1. The Morgan fingerprint density at radius 2 is 2.11 bits per heavy atom. The summed E-state index contributed by atoms with van der Waals surface area (Å²) in [6, 6.07) is 0.735. The number of ether oxygens (including phenoxy) is 1. The van der Waals surface area contributed by atoms with E-state index in [2.05, 4.69) is 29.1 Å². The quantitative estimate of drug-likeness (QED) is 0.657. The highest BCUT2D eigenvalue weighted by Crippen LogP contribution is 2.11. The van der Waals surface area contributed by atoms with Gasteiger partial charge >= 0.3 is 0 Å². The number of rotatable bonds is 8. The van der Waals surface area contributed by atoms with E-state index in [1.54, 1.807) is 7.11 Å². The van der Waals surface area contributed by atoms with Gasteiger partial charge in [-0.3, -0.25) is 4.90 Å². The molecule has 0 amide bonds. The summed E-state index contributed by atoms with van der Waals surface area (Å²) < 4.78 is 5.05. The summed E-state index contributed by atoms with van der Waals surface area (Å²) in [7, 11) is 4.01. The number of likely N-dealkylation sites (N-methyl/N-ethyl adjacent to an activating group) is 1. The molecular formula is C14H31N3O. The molecular weight excluding hydrogens is 226 g/mol. The fourth-order valence-electron chi connectivity index (χ4n) is 2.66. The highest BCUT2D eigenvalue weighted by atomic mass is 16.5. The molecule has 1 fully saturated rings. The summed E-state index contributed by atoms with van der Waals surface area (Å²) in [4.78, 5) is 5.13. The third-order valence-corrected chi connectivity index (χ3v) is 3.77. The van der Waals surface area contributed by atoms with E-state index in [0.29, 0.717) is 0 Å². The van der Waals surface area contributed by atoms with Gasteiger partial charge in [-0.1, -0.05) is 6.92 Å². The molecule has 0 bridgehead atoms. The molecule has 1 saturated heterocycles. The Hall–Kier alpha value is -0.160. The van der Waals surface area contributed by atoms with Gasteiger partial charge < -0.3 is 15.0 Å². The van der Waals surface area contributed by atoms with Crippen molar-refractivity contribution in [2.24, 2.45) is 0 Å². The lowest BCUT2D eigenvalue weighted by molar-refractivity contribution is 0.180. The Labute approximate surface area is 113 Å². The Balaban J connectivity index is 2.17. The molecule has 1 N–H and O–H groups in total. The Morgan fingerprint density at radius 1 is 1.28 bits per heavy atom. The SMILES string of the molecule is CCC1CN(C)CCCN1CCNCCCOC. The van der Waals surface area contributed by atoms with Gasteiger partial charge in [-0.2, -0.15) is 0 Å². The third-order valence-electron chi connectivity index (χ3n) is 3.77. The van der Waals surface area contributed by atoms with Crippen LogP contribution in [-0.4, -0.2) is 75.9 Å². The van der Waals surface area contributed by atoms with Crippen molar-refractivity contribution in [2.75, 3.05) is 60.0 Å². The van der Waals surface area contributed by atoms with Crippen LogP contribution in [-0.2, 0) is 4.74 Å². The molecule has 0 aromatic heterocycles. The molecule has 1 atom stereocenters. The second-order valence-corrected chi connectivity index (χ2v) is 5.31. The van der Waals surface area contributed by atoms with Crippen LogP contribution in [0.2, 0.25) is 0 Å². The van der Waals surface area contributed by atoms with Gasteiger partial charge in [-0.05, 0) is 45.9 Å². The van der Waals surface area contributed by atoms with E-state index in [9.17, 15) is 0 Å². The minimum Gasteiger partial charge on any atom is -0.385 e. The van der Waals surface area contributed by atoms with Gasteiger partial charge in [0.1, 0.15) is 0 Å². The van der Waals surface area contributed by atoms with Gasteiger partial charge in [0.2, 0.25) is 0 Å². The molecule has 0 aliphatic carbocycles. The summed E-state index contributed by atoms with van der Waals surface area (Å²) in [6.07, 6.45) is 3.67. The van der Waals surface area contributed by atoms with Gasteiger partial charge in [-0.15, -0.1) is 0 Å². The minimum absolute atomic E-state index is 0.735. The summed E-state index contributed by atoms with van der Waals surface area (Å²) in [5.41, 5.74) is 0. The van der Waals surface area contributed by atoms with Crippen molar-refractivity contribution in [1.29, 1.82) is 0 Å².